The van der Waals surface area contributed by atoms with Crippen molar-refractivity contribution in [3.05, 3.63) is 92.9 Å². The van der Waals surface area contributed by atoms with Gasteiger partial charge in [-0.25, -0.2) is 0 Å². The lowest BCUT2D eigenvalue weighted by Gasteiger charge is -2.13. The molecule has 1 N–H and O–H groups in total. The molecule has 0 aliphatic heterocycles. The standard InChI is InChI=1S/C24H21BrClNO3/c1-16-12-19(26)9-10-21(16)27-23(28)11-8-18-13-20(25)24(22(14-18)29-2)30-15-17-6-4-3-5-7-17/h3-14H,15H2,1-2H3,(H,27,28). The van der Waals surface area contributed by atoms with Gasteiger partial charge in [0.1, 0.15) is 6.61 Å². The van der Waals surface area contributed by atoms with Crippen LogP contribution in [0.2, 0.25) is 5.02 Å². The topological polar surface area (TPSA) is 47.6 Å². The third-order valence-electron chi connectivity index (χ3n) is 4.35. The number of carbonyl (C=O) groups is 1. The maximum absolute atomic E-state index is 12.3. The maximum Gasteiger partial charge on any atom is 0.248 e. The molecule has 0 radical (unpaired) electrons. The molecule has 3 aromatic rings. The SMILES string of the molecule is COc1cc(C=CC(=O)Nc2ccc(Cl)cc2C)cc(Br)c1OCc1ccccc1. The number of halogens is 2. The Morgan fingerprint density at radius 2 is 1.90 bits per heavy atom. The fraction of sp³-hybridized carbons (Fsp3) is 0.125. The second-order valence-corrected chi connectivity index (χ2v) is 7.88. The lowest BCUT2D eigenvalue weighted by molar-refractivity contribution is -0.111. The van der Waals surface area contributed by atoms with Crippen LogP contribution < -0.4 is 14.8 Å². The number of hydrogen-bond donors (Lipinski definition) is 1. The minimum atomic E-state index is -0.236. The first-order chi connectivity index (χ1) is 14.5. The number of carbonyl (C=O) groups excluding carboxylic acids is 1. The third kappa shape index (κ3) is 5.88. The summed E-state index contributed by atoms with van der Waals surface area (Å²) in [5, 5.41) is 3.48. The van der Waals surface area contributed by atoms with Crippen LogP contribution in [0.4, 0.5) is 5.69 Å². The second kappa shape index (κ2) is 10.3. The van der Waals surface area contributed by atoms with E-state index in [4.69, 9.17) is 21.1 Å². The van der Waals surface area contributed by atoms with Gasteiger partial charge < -0.3 is 14.8 Å². The van der Waals surface area contributed by atoms with Crippen LogP contribution in [0.25, 0.3) is 6.08 Å². The van der Waals surface area contributed by atoms with Crippen molar-refractivity contribution in [2.45, 2.75) is 13.5 Å². The predicted molar refractivity (Wildman–Crippen MR) is 125 cm³/mol. The van der Waals surface area contributed by atoms with Crippen LogP contribution in [0.1, 0.15) is 16.7 Å². The van der Waals surface area contributed by atoms with Crippen molar-refractivity contribution in [2.75, 3.05) is 12.4 Å². The Kier molecular flexibility index (Phi) is 7.55. The van der Waals surface area contributed by atoms with Crippen LogP contribution in [0.15, 0.2) is 71.2 Å². The highest BCUT2D eigenvalue weighted by atomic mass is 79.9. The van der Waals surface area contributed by atoms with Gasteiger partial charge in [-0.15, -0.1) is 0 Å². The van der Waals surface area contributed by atoms with E-state index in [0.29, 0.717) is 23.1 Å². The van der Waals surface area contributed by atoms with E-state index in [1.165, 1.54) is 6.08 Å². The summed E-state index contributed by atoms with van der Waals surface area (Å²) in [6, 6.07) is 18.9. The Labute approximate surface area is 189 Å². The molecule has 6 heteroatoms. The van der Waals surface area contributed by atoms with E-state index in [1.807, 2.05) is 49.4 Å². The van der Waals surface area contributed by atoms with Crippen LogP contribution in [0.5, 0.6) is 11.5 Å². The summed E-state index contributed by atoms with van der Waals surface area (Å²) >= 11 is 9.49. The van der Waals surface area contributed by atoms with Gasteiger partial charge in [0.2, 0.25) is 5.91 Å². The molecule has 0 spiro atoms. The molecule has 3 rings (SSSR count). The Morgan fingerprint density at radius 3 is 2.60 bits per heavy atom. The van der Waals surface area contributed by atoms with Gasteiger partial charge in [0, 0.05) is 16.8 Å². The number of ether oxygens (including phenoxy) is 2. The molecule has 0 saturated heterocycles. The number of rotatable bonds is 7. The van der Waals surface area contributed by atoms with Gasteiger partial charge in [-0.1, -0.05) is 41.9 Å². The zero-order chi connectivity index (χ0) is 21.5. The minimum Gasteiger partial charge on any atom is -0.493 e. The van der Waals surface area contributed by atoms with Gasteiger partial charge in [0.25, 0.3) is 0 Å². The first kappa shape index (κ1) is 21.9. The normalized spacial score (nSPS) is 10.8. The number of amides is 1. The maximum atomic E-state index is 12.3. The van der Waals surface area contributed by atoms with Gasteiger partial charge in [-0.05, 0) is 76.0 Å². The molecular formula is C24H21BrClNO3. The van der Waals surface area contributed by atoms with Crippen LogP contribution in [-0.4, -0.2) is 13.0 Å². The number of methoxy groups -OCH3 is 1. The number of aryl methyl sites for hydroxylation is 1. The van der Waals surface area contributed by atoms with Gasteiger partial charge in [0.05, 0.1) is 11.6 Å². The molecular weight excluding hydrogens is 466 g/mol. The molecule has 3 aromatic carbocycles. The molecule has 0 fully saturated rings. The number of hydrogen-bond acceptors (Lipinski definition) is 3. The molecule has 1 amide bonds. The van der Waals surface area contributed by atoms with E-state index in [0.717, 1.165) is 26.9 Å². The molecule has 0 unspecified atom stereocenters. The van der Waals surface area contributed by atoms with Crippen molar-refractivity contribution in [1.29, 1.82) is 0 Å². The van der Waals surface area contributed by atoms with Crippen molar-refractivity contribution in [1.82, 2.24) is 0 Å². The van der Waals surface area contributed by atoms with Crippen LogP contribution in [0.3, 0.4) is 0 Å². The highest BCUT2D eigenvalue weighted by molar-refractivity contribution is 9.10. The zero-order valence-electron chi connectivity index (χ0n) is 16.6. The highest BCUT2D eigenvalue weighted by Crippen LogP contribution is 2.37. The lowest BCUT2D eigenvalue weighted by Crippen LogP contribution is -2.08. The Bertz CT molecular complexity index is 1070. The fourth-order valence-corrected chi connectivity index (χ4v) is 3.62. The molecule has 0 heterocycles. The quantitative estimate of drug-likeness (QED) is 0.380. The van der Waals surface area contributed by atoms with E-state index in [2.05, 4.69) is 21.2 Å². The fourth-order valence-electron chi connectivity index (χ4n) is 2.82. The largest absolute Gasteiger partial charge is 0.493 e. The number of nitrogens with one attached hydrogen (secondary N) is 1. The zero-order valence-corrected chi connectivity index (χ0v) is 19.0. The number of benzene rings is 3. The van der Waals surface area contributed by atoms with E-state index in [1.54, 1.807) is 31.4 Å². The highest BCUT2D eigenvalue weighted by Gasteiger charge is 2.11. The van der Waals surface area contributed by atoms with Crippen LogP contribution in [-0.2, 0) is 11.4 Å². The van der Waals surface area contributed by atoms with Gasteiger partial charge in [0.15, 0.2) is 11.5 Å². The molecule has 4 nitrogen and oxygen atoms in total. The van der Waals surface area contributed by atoms with Gasteiger partial charge >= 0.3 is 0 Å². The molecule has 0 saturated carbocycles. The summed E-state index contributed by atoms with van der Waals surface area (Å²) < 4.78 is 12.2. The molecule has 0 aromatic heterocycles. The summed E-state index contributed by atoms with van der Waals surface area (Å²) in [6.45, 7) is 2.31. The summed E-state index contributed by atoms with van der Waals surface area (Å²) in [5.41, 5.74) is 3.48. The summed E-state index contributed by atoms with van der Waals surface area (Å²) in [4.78, 5) is 12.3. The van der Waals surface area contributed by atoms with E-state index < -0.39 is 0 Å². The van der Waals surface area contributed by atoms with E-state index in [9.17, 15) is 4.79 Å². The lowest BCUT2D eigenvalue weighted by atomic mass is 10.1. The second-order valence-electron chi connectivity index (χ2n) is 6.59. The van der Waals surface area contributed by atoms with Crippen LogP contribution >= 0.6 is 27.5 Å². The predicted octanol–water partition coefficient (Wildman–Crippen LogP) is 6.65. The first-order valence-corrected chi connectivity index (χ1v) is 10.4. The molecule has 0 bridgehead atoms. The summed E-state index contributed by atoms with van der Waals surface area (Å²) in [5.74, 6) is 0.952. The smallest absolute Gasteiger partial charge is 0.248 e. The van der Waals surface area contributed by atoms with E-state index in [-0.39, 0.29) is 5.91 Å². The summed E-state index contributed by atoms with van der Waals surface area (Å²) in [7, 11) is 1.58. The van der Waals surface area contributed by atoms with Crippen molar-refractivity contribution in [3.63, 3.8) is 0 Å². The third-order valence-corrected chi connectivity index (χ3v) is 5.18. The molecule has 0 atom stereocenters. The van der Waals surface area contributed by atoms with Gasteiger partial charge in [-0.2, -0.15) is 0 Å². The minimum absolute atomic E-state index is 0.236. The Balaban J connectivity index is 1.71. The monoisotopic (exact) mass is 485 g/mol. The van der Waals surface area contributed by atoms with Gasteiger partial charge in [-0.3, -0.25) is 4.79 Å². The average molecular weight is 487 g/mol. The average Bonchev–Trinajstić information content (AvgIpc) is 2.74. The summed E-state index contributed by atoms with van der Waals surface area (Å²) in [6.07, 6.45) is 3.19. The van der Waals surface area contributed by atoms with E-state index >= 15 is 0 Å². The van der Waals surface area contributed by atoms with Crippen molar-refractivity contribution in [3.8, 4) is 11.5 Å². The van der Waals surface area contributed by atoms with Crippen molar-refractivity contribution < 1.29 is 14.3 Å². The Hall–Kier alpha value is -2.76. The number of anilines is 1. The molecule has 0 aliphatic rings. The van der Waals surface area contributed by atoms with Crippen LogP contribution in [0, 0.1) is 6.92 Å². The first-order valence-electron chi connectivity index (χ1n) is 9.25. The Morgan fingerprint density at radius 1 is 1.13 bits per heavy atom. The molecule has 0 aliphatic carbocycles. The van der Waals surface area contributed by atoms with Crippen molar-refractivity contribution in [2.24, 2.45) is 0 Å². The molecule has 154 valence electrons. The molecule has 30 heavy (non-hydrogen) atoms. The van der Waals surface area contributed by atoms with Crippen molar-refractivity contribution >= 4 is 45.2 Å².